The van der Waals surface area contributed by atoms with Crippen LogP contribution in [0.2, 0.25) is 0 Å². The minimum Gasteiger partial charge on any atom is -0.384 e. The standard InChI is InChI=1S/C12H15N5S/c1-17-4-2-12(3-5-17)8(6-13)10(15)16-11(18)9(12)7-14/h9H,2-5,15H2,1H3,(H,16,18). The molecule has 1 fully saturated rings. The molecular formula is C12H15N5S. The first-order valence-corrected chi connectivity index (χ1v) is 6.25. The highest BCUT2D eigenvalue weighted by Crippen LogP contribution is 2.47. The van der Waals surface area contributed by atoms with Crippen LogP contribution in [0.25, 0.3) is 0 Å². The van der Waals surface area contributed by atoms with Crippen molar-refractivity contribution in [1.82, 2.24) is 10.2 Å². The van der Waals surface area contributed by atoms with Gasteiger partial charge < -0.3 is 16.0 Å². The van der Waals surface area contributed by atoms with Crippen molar-refractivity contribution in [2.24, 2.45) is 17.1 Å². The second-order valence-corrected chi connectivity index (χ2v) is 5.35. The number of nitrogens with zero attached hydrogens (tertiary/aromatic N) is 3. The number of nitriles is 2. The summed E-state index contributed by atoms with van der Waals surface area (Å²) in [5.41, 5.74) is 5.87. The van der Waals surface area contributed by atoms with E-state index >= 15 is 0 Å². The van der Waals surface area contributed by atoms with Gasteiger partial charge in [0.1, 0.15) is 11.7 Å². The fourth-order valence-corrected chi connectivity index (χ4v) is 3.23. The molecule has 3 N–H and O–H groups in total. The summed E-state index contributed by atoms with van der Waals surface area (Å²) in [4.78, 5) is 2.63. The maximum atomic E-state index is 9.38. The number of likely N-dealkylation sites (tertiary alicyclic amines) is 1. The number of thiocarbonyl (C=S) groups is 1. The van der Waals surface area contributed by atoms with E-state index in [9.17, 15) is 10.5 Å². The fourth-order valence-electron chi connectivity index (χ4n) is 2.84. The van der Waals surface area contributed by atoms with Crippen LogP contribution in [0.1, 0.15) is 12.8 Å². The van der Waals surface area contributed by atoms with Crippen LogP contribution in [0.4, 0.5) is 0 Å². The van der Waals surface area contributed by atoms with Gasteiger partial charge in [-0.15, -0.1) is 0 Å². The zero-order valence-corrected chi connectivity index (χ0v) is 11.0. The van der Waals surface area contributed by atoms with Crippen molar-refractivity contribution in [3.8, 4) is 12.1 Å². The third kappa shape index (κ3) is 1.74. The van der Waals surface area contributed by atoms with Gasteiger partial charge in [-0.3, -0.25) is 0 Å². The smallest absolute Gasteiger partial charge is 0.116 e. The molecular weight excluding hydrogens is 246 g/mol. The van der Waals surface area contributed by atoms with Crippen molar-refractivity contribution in [2.75, 3.05) is 20.1 Å². The maximum absolute atomic E-state index is 9.38. The van der Waals surface area contributed by atoms with Crippen LogP contribution in [-0.4, -0.2) is 30.0 Å². The monoisotopic (exact) mass is 261 g/mol. The van der Waals surface area contributed by atoms with Crippen LogP contribution in [-0.2, 0) is 0 Å². The van der Waals surface area contributed by atoms with Gasteiger partial charge >= 0.3 is 0 Å². The molecule has 6 heteroatoms. The summed E-state index contributed by atoms with van der Waals surface area (Å²) in [6, 6.07) is 4.43. The molecule has 1 saturated heterocycles. The number of nitrogens with one attached hydrogen (secondary N) is 1. The molecule has 0 aliphatic carbocycles. The topological polar surface area (TPSA) is 88.9 Å². The van der Waals surface area contributed by atoms with Crippen molar-refractivity contribution in [3.05, 3.63) is 11.4 Å². The van der Waals surface area contributed by atoms with E-state index in [1.165, 1.54) is 0 Å². The van der Waals surface area contributed by atoms with E-state index in [0.717, 1.165) is 25.9 Å². The number of allylic oxidation sites excluding steroid dienone is 1. The maximum Gasteiger partial charge on any atom is 0.116 e. The van der Waals surface area contributed by atoms with E-state index in [4.69, 9.17) is 18.0 Å². The molecule has 1 atom stereocenters. The highest BCUT2D eigenvalue weighted by molar-refractivity contribution is 7.80. The van der Waals surface area contributed by atoms with Crippen molar-refractivity contribution in [3.63, 3.8) is 0 Å². The molecule has 2 heterocycles. The first kappa shape index (κ1) is 12.8. The van der Waals surface area contributed by atoms with Gasteiger partial charge in [-0.05, 0) is 33.0 Å². The van der Waals surface area contributed by atoms with Gasteiger partial charge in [0.2, 0.25) is 0 Å². The lowest BCUT2D eigenvalue weighted by Crippen LogP contribution is -2.53. The quantitative estimate of drug-likeness (QED) is 0.616. The lowest BCUT2D eigenvalue weighted by atomic mass is 9.63. The summed E-state index contributed by atoms with van der Waals surface area (Å²) in [7, 11) is 2.03. The van der Waals surface area contributed by atoms with Gasteiger partial charge in [0.15, 0.2) is 0 Å². The van der Waals surface area contributed by atoms with Crippen LogP contribution in [0.3, 0.4) is 0 Å². The lowest BCUT2D eigenvalue weighted by Gasteiger charge is -2.46. The fraction of sp³-hybridized carbons (Fsp3) is 0.583. The summed E-state index contributed by atoms with van der Waals surface area (Å²) >= 11 is 5.22. The zero-order chi connectivity index (χ0) is 13.3. The zero-order valence-electron chi connectivity index (χ0n) is 10.2. The Morgan fingerprint density at radius 2 is 2.06 bits per heavy atom. The molecule has 18 heavy (non-hydrogen) atoms. The van der Waals surface area contributed by atoms with Gasteiger partial charge in [0.05, 0.1) is 22.7 Å². The van der Waals surface area contributed by atoms with Crippen LogP contribution >= 0.6 is 12.2 Å². The Morgan fingerprint density at radius 1 is 1.44 bits per heavy atom. The Hall–Kier alpha value is -1.63. The Bertz CT molecular complexity index is 488. The Labute approximate surface area is 112 Å². The number of hydrogen-bond donors (Lipinski definition) is 2. The van der Waals surface area contributed by atoms with Gasteiger partial charge in [-0.25, -0.2) is 0 Å². The average molecular weight is 261 g/mol. The summed E-state index contributed by atoms with van der Waals surface area (Å²) in [6.45, 7) is 1.69. The van der Waals surface area contributed by atoms with Crippen molar-refractivity contribution >= 4 is 17.2 Å². The Morgan fingerprint density at radius 3 is 2.56 bits per heavy atom. The van der Waals surface area contributed by atoms with E-state index in [1.807, 2.05) is 7.05 Å². The predicted octanol–water partition coefficient (Wildman–Crippen LogP) is 0.463. The van der Waals surface area contributed by atoms with E-state index in [2.05, 4.69) is 22.4 Å². The largest absolute Gasteiger partial charge is 0.384 e. The highest BCUT2D eigenvalue weighted by Gasteiger charge is 2.50. The van der Waals surface area contributed by atoms with E-state index in [-0.39, 0.29) is 0 Å². The van der Waals surface area contributed by atoms with Gasteiger partial charge in [-0.2, -0.15) is 10.5 Å². The number of nitrogens with two attached hydrogens (primary N) is 1. The van der Waals surface area contributed by atoms with Gasteiger partial charge in [0.25, 0.3) is 0 Å². The third-order valence-corrected chi connectivity index (χ3v) is 4.30. The minimum atomic E-state index is -0.498. The van der Waals surface area contributed by atoms with Crippen LogP contribution in [0.5, 0.6) is 0 Å². The van der Waals surface area contributed by atoms with E-state index < -0.39 is 11.3 Å². The van der Waals surface area contributed by atoms with Gasteiger partial charge in [-0.1, -0.05) is 12.2 Å². The molecule has 1 spiro atoms. The molecule has 0 aromatic rings. The van der Waals surface area contributed by atoms with E-state index in [1.54, 1.807) is 0 Å². The summed E-state index contributed by atoms with van der Waals surface area (Å²) in [5, 5.41) is 21.5. The van der Waals surface area contributed by atoms with Crippen LogP contribution < -0.4 is 11.1 Å². The summed E-state index contributed by atoms with van der Waals surface area (Å²) in [5.74, 6) is -0.137. The third-order valence-electron chi connectivity index (χ3n) is 3.96. The molecule has 0 saturated carbocycles. The lowest BCUT2D eigenvalue weighted by molar-refractivity contribution is 0.138. The second kappa shape index (κ2) is 4.56. The summed E-state index contributed by atoms with van der Waals surface area (Å²) in [6.07, 6.45) is 1.49. The second-order valence-electron chi connectivity index (χ2n) is 4.91. The molecule has 0 aromatic carbocycles. The molecule has 2 rings (SSSR count). The molecule has 94 valence electrons. The number of rotatable bonds is 0. The van der Waals surface area contributed by atoms with Crippen molar-refractivity contribution in [2.45, 2.75) is 12.8 Å². The minimum absolute atomic E-state index is 0.318. The molecule has 2 aliphatic heterocycles. The van der Waals surface area contributed by atoms with Gasteiger partial charge in [0, 0.05) is 5.41 Å². The molecule has 0 radical (unpaired) electrons. The first-order valence-electron chi connectivity index (χ1n) is 5.84. The number of piperidine rings is 1. The van der Waals surface area contributed by atoms with Crippen molar-refractivity contribution in [1.29, 1.82) is 10.5 Å². The average Bonchev–Trinajstić information content (AvgIpc) is 2.33. The normalized spacial score (nSPS) is 27.5. The van der Waals surface area contributed by atoms with Crippen LogP contribution in [0, 0.1) is 34.0 Å². The number of hydrogen-bond acceptors (Lipinski definition) is 5. The summed E-state index contributed by atoms with van der Waals surface area (Å²) < 4.78 is 0. The first-order chi connectivity index (χ1) is 8.55. The molecule has 2 aliphatic rings. The predicted molar refractivity (Wildman–Crippen MR) is 70.8 cm³/mol. The SMILES string of the molecule is CN1CCC2(CC1)C(C#N)=C(N)NC(=S)C2C#N. The molecule has 5 nitrogen and oxygen atoms in total. The molecule has 0 aromatic heterocycles. The Kier molecular flexibility index (Phi) is 3.25. The van der Waals surface area contributed by atoms with Crippen LogP contribution in [0.15, 0.2) is 11.4 Å². The Balaban J connectivity index is 2.51. The molecule has 1 unspecified atom stereocenters. The molecule has 0 amide bonds. The van der Waals surface area contributed by atoms with E-state index in [0.29, 0.717) is 16.4 Å². The molecule has 0 bridgehead atoms. The van der Waals surface area contributed by atoms with Crippen molar-refractivity contribution < 1.29 is 0 Å². The highest BCUT2D eigenvalue weighted by atomic mass is 32.1.